The van der Waals surface area contributed by atoms with E-state index in [2.05, 4.69) is 9.57 Å². The molecule has 5 nitrogen and oxygen atoms in total. The fourth-order valence-electron chi connectivity index (χ4n) is 0.370. The van der Waals surface area contributed by atoms with Gasteiger partial charge >= 0.3 is 12.1 Å². The van der Waals surface area contributed by atoms with Crippen molar-refractivity contribution in [3.8, 4) is 0 Å². The van der Waals surface area contributed by atoms with Crippen LogP contribution in [0.25, 0.3) is 0 Å². The molecule has 0 unspecified atom stereocenters. The van der Waals surface area contributed by atoms with E-state index in [4.69, 9.17) is 0 Å². The Morgan fingerprint density at radius 2 is 2.00 bits per heavy atom. The highest BCUT2D eigenvalue weighted by atomic mass is 16.7. The van der Waals surface area contributed by atoms with Crippen LogP contribution in [0.4, 0.5) is 4.79 Å². The van der Waals surface area contributed by atoms with E-state index in [0.29, 0.717) is 0 Å². The van der Waals surface area contributed by atoms with Gasteiger partial charge in [-0.3, -0.25) is 0 Å². The molecular weight excluding hydrogens is 162 g/mol. The SMILES string of the molecule is CCOC(=O)NOC(=O)C(C)C. The summed E-state index contributed by atoms with van der Waals surface area (Å²) in [6.07, 6.45) is -0.758. The molecule has 0 aliphatic heterocycles. The number of hydrogen-bond donors (Lipinski definition) is 1. The lowest BCUT2D eigenvalue weighted by molar-refractivity contribution is -0.153. The molecule has 0 spiro atoms. The zero-order chi connectivity index (χ0) is 9.56. The monoisotopic (exact) mass is 175 g/mol. The van der Waals surface area contributed by atoms with Gasteiger partial charge in [-0.2, -0.15) is 0 Å². The van der Waals surface area contributed by atoms with Gasteiger partial charge in [0.1, 0.15) is 0 Å². The highest BCUT2D eigenvalue weighted by Gasteiger charge is 2.10. The summed E-state index contributed by atoms with van der Waals surface area (Å²) >= 11 is 0. The Morgan fingerprint density at radius 1 is 1.42 bits per heavy atom. The van der Waals surface area contributed by atoms with E-state index in [1.807, 2.05) is 5.48 Å². The van der Waals surface area contributed by atoms with Crippen LogP contribution in [0.5, 0.6) is 0 Å². The minimum Gasteiger partial charge on any atom is -0.448 e. The third kappa shape index (κ3) is 4.54. The minimum atomic E-state index is -0.758. The maximum atomic E-state index is 10.8. The fourth-order valence-corrected chi connectivity index (χ4v) is 0.370. The van der Waals surface area contributed by atoms with E-state index >= 15 is 0 Å². The number of rotatable bonds is 2. The quantitative estimate of drug-likeness (QED) is 0.632. The lowest BCUT2D eigenvalue weighted by Crippen LogP contribution is -2.29. The van der Waals surface area contributed by atoms with Crippen molar-refractivity contribution in [3.63, 3.8) is 0 Å². The van der Waals surface area contributed by atoms with Gasteiger partial charge in [0.2, 0.25) is 0 Å². The van der Waals surface area contributed by atoms with Crippen LogP contribution < -0.4 is 5.48 Å². The van der Waals surface area contributed by atoms with Crippen LogP contribution in [0.1, 0.15) is 20.8 Å². The largest absolute Gasteiger partial charge is 0.448 e. The molecular formula is C7H13NO4. The number of nitrogens with one attached hydrogen (secondary N) is 1. The molecule has 0 bridgehead atoms. The Kier molecular flexibility index (Phi) is 4.83. The molecule has 0 aromatic heterocycles. The first-order chi connectivity index (χ1) is 5.57. The van der Waals surface area contributed by atoms with Gasteiger partial charge in [-0.15, -0.1) is 5.48 Å². The van der Waals surface area contributed by atoms with Crippen molar-refractivity contribution in [2.24, 2.45) is 5.92 Å². The molecule has 0 fully saturated rings. The van der Waals surface area contributed by atoms with Gasteiger partial charge in [0.15, 0.2) is 0 Å². The maximum absolute atomic E-state index is 10.8. The number of amides is 1. The second-order valence-electron chi connectivity index (χ2n) is 2.40. The Hall–Kier alpha value is -1.26. The van der Waals surface area contributed by atoms with Crippen molar-refractivity contribution < 1.29 is 19.2 Å². The lowest BCUT2D eigenvalue weighted by Gasteiger charge is -2.06. The van der Waals surface area contributed by atoms with Crippen LogP contribution in [-0.4, -0.2) is 18.7 Å². The third-order valence-corrected chi connectivity index (χ3v) is 0.982. The summed E-state index contributed by atoms with van der Waals surface area (Å²) < 4.78 is 4.44. The summed E-state index contributed by atoms with van der Waals surface area (Å²) in [5.41, 5.74) is 1.85. The Balaban J connectivity index is 3.54. The molecule has 12 heavy (non-hydrogen) atoms. The van der Waals surface area contributed by atoms with Crippen LogP contribution in [0, 0.1) is 5.92 Å². The number of hydroxylamine groups is 1. The van der Waals surface area contributed by atoms with Crippen LogP contribution >= 0.6 is 0 Å². The van der Waals surface area contributed by atoms with Crippen LogP contribution in [0.2, 0.25) is 0 Å². The van der Waals surface area contributed by atoms with Gasteiger partial charge in [-0.05, 0) is 6.92 Å². The minimum absolute atomic E-state index is 0.241. The molecule has 0 aliphatic rings. The van der Waals surface area contributed by atoms with E-state index in [9.17, 15) is 9.59 Å². The summed E-state index contributed by atoms with van der Waals surface area (Å²) in [5, 5.41) is 0. The zero-order valence-electron chi connectivity index (χ0n) is 7.42. The van der Waals surface area contributed by atoms with Crippen LogP contribution in [-0.2, 0) is 14.4 Å². The number of ether oxygens (including phenoxy) is 1. The molecule has 0 saturated carbocycles. The Labute approximate surface area is 71.0 Å². The highest BCUT2D eigenvalue weighted by molar-refractivity contribution is 5.74. The molecule has 1 amide bonds. The molecule has 0 aromatic rings. The average Bonchev–Trinajstić information content (AvgIpc) is 2.00. The second kappa shape index (κ2) is 5.40. The number of hydrogen-bond acceptors (Lipinski definition) is 4. The summed E-state index contributed by atoms with van der Waals surface area (Å²) in [7, 11) is 0. The Bertz CT molecular complexity index is 167. The second-order valence-corrected chi connectivity index (χ2v) is 2.40. The van der Waals surface area contributed by atoms with Crippen molar-refractivity contribution in [1.29, 1.82) is 0 Å². The molecule has 0 saturated heterocycles. The van der Waals surface area contributed by atoms with Crippen molar-refractivity contribution in [2.75, 3.05) is 6.61 Å². The summed E-state index contributed by atoms with van der Waals surface area (Å²) in [6, 6.07) is 0. The highest BCUT2D eigenvalue weighted by Crippen LogP contribution is 1.93. The van der Waals surface area contributed by atoms with E-state index in [1.165, 1.54) is 0 Å². The Morgan fingerprint density at radius 3 is 2.42 bits per heavy atom. The molecule has 0 atom stereocenters. The molecule has 70 valence electrons. The predicted molar refractivity (Wildman–Crippen MR) is 41.1 cm³/mol. The van der Waals surface area contributed by atoms with E-state index < -0.39 is 12.1 Å². The maximum Gasteiger partial charge on any atom is 0.440 e. The van der Waals surface area contributed by atoms with Crippen LogP contribution in [0.15, 0.2) is 0 Å². The first-order valence-electron chi connectivity index (χ1n) is 3.71. The summed E-state index contributed by atoms with van der Waals surface area (Å²) in [4.78, 5) is 25.7. The van der Waals surface area contributed by atoms with Crippen molar-refractivity contribution >= 4 is 12.1 Å². The first-order valence-corrected chi connectivity index (χ1v) is 3.71. The molecule has 0 heterocycles. The van der Waals surface area contributed by atoms with Gasteiger partial charge in [-0.25, -0.2) is 9.59 Å². The molecule has 0 aliphatic carbocycles. The zero-order valence-corrected chi connectivity index (χ0v) is 7.42. The normalized spacial score (nSPS) is 9.33. The molecule has 1 N–H and O–H groups in total. The topological polar surface area (TPSA) is 64.6 Å². The smallest absolute Gasteiger partial charge is 0.440 e. The third-order valence-electron chi connectivity index (χ3n) is 0.982. The molecule has 5 heteroatoms. The van der Waals surface area contributed by atoms with E-state index in [-0.39, 0.29) is 12.5 Å². The molecule has 0 radical (unpaired) electrons. The van der Waals surface area contributed by atoms with Crippen molar-refractivity contribution in [3.05, 3.63) is 0 Å². The van der Waals surface area contributed by atoms with Gasteiger partial charge in [0, 0.05) is 0 Å². The van der Waals surface area contributed by atoms with Gasteiger partial charge in [0.05, 0.1) is 12.5 Å². The van der Waals surface area contributed by atoms with Crippen molar-refractivity contribution in [1.82, 2.24) is 5.48 Å². The van der Waals surface area contributed by atoms with Crippen LogP contribution in [0.3, 0.4) is 0 Å². The van der Waals surface area contributed by atoms with Gasteiger partial charge in [0.25, 0.3) is 0 Å². The standard InChI is InChI=1S/C7H13NO4/c1-4-11-7(10)8-12-6(9)5(2)3/h5H,4H2,1-3H3,(H,8,10). The fraction of sp³-hybridized carbons (Fsp3) is 0.714. The average molecular weight is 175 g/mol. The number of carbonyl (C=O) groups is 2. The first kappa shape index (κ1) is 10.7. The lowest BCUT2D eigenvalue weighted by atomic mass is 10.2. The van der Waals surface area contributed by atoms with Crippen molar-refractivity contribution in [2.45, 2.75) is 20.8 Å². The van der Waals surface area contributed by atoms with E-state index in [0.717, 1.165) is 0 Å². The van der Waals surface area contributed by atoms with E-state index in [1.54, 1.807) is 20.8 Å². The summed E-state index contributed by atoms with van der Waals surface area (Å²) in [5.74, 6) is -0.769. The molecule has 0 aromatic carbocycles. The van der Waals surface area contributed by atoms with Gasteiger partial charge in [-0.1, -0.05) is 13.8 Å². The summed E-state index contributed by atoms with van der Waals surface area (Å²) in [6.45, 7) is 5.22. The van der Waals surface area contributed by atoms with Gasteiger partial charge < -0.3 is 9.57 Å². The number of carbonyl (C=O) groups excluding carboxylic acids is 2. The molecule has 0 rings (SSSR count). The predicted octanol–water partition coefficient (Wildman–Crippen LogP) is 0.847.